The summed E-state index contributed by atoms with van der Waals surface area (Å²) in [6, 6.07) is 0. The normalized spacial score (nSPS) is 17.7. The minimum Gasteiger partial charge on any atom is -0.481 e. The molecule has 7 nitrogen and oxygen atoms in total. The van der Waals surface area contributed by atoms with Gasteiger partial charge in [-0.2, -0.15) is 4.98 Å². The summed E-state index contributed by atoms with van der Waals surface area (Å²) in [6.45, 7) is 9.11. The van der Waals surface area contributed by atoms with Gasteiger partial charge in [0.2, 0.25) is 5.89 Å². The van der Waals surface area contributed by atoms with Crippen molar-refractivity contribution < 1.29 is 19.2 Å². The summed E-state index contributed by atoms with van der Waals surface area (Å²) < 4.78 is 10.5. The number of carboxylic acids is 1. The summed E-state index contributed by atoms with van der Waals surface area (Å²) in [4.78, 5) is 15.9. The molecule has 1 aromatic rings. The predicted molar refractivity (Wildman–Crippen MR) is 116 cm³/mol. The lowest BCUT2D eigenvalue weighted by Gasteiger charge is -2.48. The lowest BCUT2D eigenvalue weighted by Crippen LogP contribution is -2.37. The van der Waals surface area contributed by atoms with Crippen molar-refractivity contribution in [1.29, 1.82) is 0 Å². The van der Waals surface area contributed by atoms with Gasteiger partial charge in [-0.25, -0.2) is 0 Å². The van der Waals surface area contributed by atoms with Gasteiger partial charge in [-0.15, -0.1) is 0 Å². The highest BCUT2D eigenvalue weighted by molar-refractivity contribution is 5.67. The Morgan fingerprint density at radius 2 is 2.00 bits per heavy atom. The Bertz CT molecular complexity index is 633. The SMILES string of the molecule is COCCCNCc1noc([C@H](CCCC2(C(C)(C)C)CCCCC2)CC(=O)O)n1. The van der Waals surface area contributed by atoms with Crippen LogP contribution in [0.4, 0.5) is 0 Å². The average Bonchev–Trinajstić information content (AvgIpc) is 3.15. The van der Waals surface area contributed by atoms with Crippen LogP contribution in [0.5, 0.6) is 0 Å². The maximum Gasteiger partial charge on any atom is 0.304 e. The first kappa shape index (κ1) is 24.8. The van der Waals surface area contributed by atoms with E-state index in [0.717, 1.165) is 32.2 Å². The van der Waals surface area contributed by atoms with Crippen molar-refractivity contribution in [2.75, 3.05) is 20.3 Å². The van der Waals surface area contributed by atoms with Gasteiger partial charge >= 0.3 is 5.97 Å². The largest absolute Gasteiger partial charge is 0.481 e. The minimum atomic E-state index is -0.819. The van der Waals surface area contributed by atoms with Crippen molar-refractivity contribution in [3.8, 4) is 0 Å². The van der Waals surface area contributed by atoms with Crippen LogP contribution in [0.15, 0.2) is 4.52 Å². The molecule has 1 atom stereocenters. The Balaban J connectivity index is 1.93. The average molecular weight is 424 g/mol. The molecule has 1 aliphatic carbocycles. The van der Waals surface area contributed by atoms with Gasteiger partial charge in [-0.3, -0.25) is 4.79 Å². The Morgan fingerprint density at radius 1 is 1.27 bits per heavy atom. The third-order valence-corrected chi connectivity index (χ3v) is 6.85. The molecule has 30 heavy (non-hydrogen) atoms. The van der Waals surface area contributed by atoms with E-state index in [1.54, 1.807) is 7.11 Å². The van der Waals surface area contributed by atoms with E-state index in [1.807, 2.05) is 0 Å². The zero-order valence-electron chi connectivity index (χ0n) is 19.3. The van der Waals surface area contributed by atoms with Crippen molar-refractivity contribution in [2.45, 2.75) is 97.4 Å². The van der Waals surface area contributed by atoms with E-state index in [-0.39, 0.29) is 17.8 Å². The van der Waals surface area contributed by atoms with E-state index < -0.39 is 5.97 Å². The van der Waals surface area contributed by atoms with Crippen molar-refractivity contribution in [2.24, 2.45) is 10.8 Å². The fourth-order valence-corrected chi connectivity index (χ4v) is 4.86. The number of carbonyl (C=O) groups is 1. The lowest BCUT2D eigenvalue weighted by molar-refractivity contribution is -0.137. The Hall–Kier alpha value is -1.47. The molecule has 1 heterocycles. The van der Waals surface area contributed by atoms with Gasteiger partial charge in [0.25, 0.3) is 0 Å². The number of hydrogen-bond acceptors (Lipinski definition) is 6. The zero-order chi connectivity index (χ0) is 22.0. The lowest BCUT2D eigenvalue weighted by atomic mass is 9.57. The van der Waals surface area contributed by atoms with Crippen LogP contribution >= 0.6 is 0 Å². The van der Waals surface area contributed by atoms with Crippen molar-refractivity contribution in [3.63, 3.8) is 0 Å². The molecule has 0 spiro atoms. The van der Waals surface area contributed by atoms with E-state index in [9.17, 15) is 9.90 Å². The van der Waals surface area contributed by atoms with E-state index in [1.165, 1.54) is 32.1 Å². The summed E-state index contributed by atoms with van der Waals surface area (Å²) in [6.07, 6.45) is 10.3. The third kappa shape index (κ3) is 7.34. The van der Waals surface area contributed by atoms with Crippen LogP contribution in [-0.2, 0) is 16.1 Å². The second-order valence-corrected chi connectivity index (χ2v) is 9.85. The standard InChI is InChI=1S/C23H41N3O4/c1-22(2,3)23(11-6-5-7-12-23)13-8-10-18(16-20(27)28)21-25-19(26-30-21)17-24-14-9-15-29-4/h18,24H,5-17H2,1-4H3,(H,27,28)/t18-/m1/s1. The minimum absolute atomic E-state index is 0.0332. The fraction of sp³-hybridized carbons (Fsp3) is 0.870. The maximum atomic E-state index is 11.4. The van der Waals surface area contributed by atoms with Crippen LogP contribution < -0.4 is 5.32 Å². The molecule has 0 saturated heterocycles. The van der Waals surface area contributed by atoms with E-state index in [2.05, 4.69) is 36.2 Å². The molecular formula is C23H41N3O4. The van der Waals surface area contributed by atoms with Gasteiger partial charge in [0.15, 0.2) is 5.82 Å². The molecule has 7 heteroatoms. The van der Waals surface area contributed by atoms with E-state index in [4.69, 9.17) is 9.26 Å². The van der Waals surface area contributed by atoms with Gasteiger partial charge in [-0.1, -0.05) is 51.6 Å². The number of ether oxygens (including phenoxy) is 1. The maximum absolute atomic E-state index is 11.4. The first-order chi connectivity index (χ1) is 14.3. The van der Waals surface area contributed by atoms with Gasteiger partial charge in [0.05, 0.1) is 13.0 Å². The number of nitrogens with zero attached hydrogens (tertiary/aromatic N) is 2. The number of aromatic nitrogens is 2. The van der Waals surface area contributed by atoms with Crippen molar-refractivity contribution in [1.82, 2.24) is 15.5 Å². The van der Waals surface area contributed by atoms with Crippen molar-refractivity contribution in [3.05, 3.63) is 11.7 Å². The molecular weight excluding hydrogens is 382 g/mol. The molecule has 1 aromatic heterocycles. The van der Waals surface area contributed by atoms with Gasteiger partial charge in [0, 0.05) is 19.6 Å². The zero-order valence-corrected chi connectivity index (χ0v) is 19.3. The number of hydrogen-bond donors (Lipinski definition) is 2. The highest BCUT2D eigenvalue weighted by Gasteiger charge is 2.41. The quantitative estimate of drug-likeness (QED) is 0.435. The second-order valence-electron chi connectivity index (χ2n) is 9.85. The molecule has 172 valence electrons. The van der Waals surface area contributed by atoms with E-state index in [0.29, 0.717) is 30.3 Å². The molecule has 2 rings (SSSR count). The molecule has 1 saturated carbocycles. The predicted octanol–water partition coefficient (Wildman–Crippen LogP) is 4.92. The van der Waals surface area contributed by atoms with Crippen LogP contribution in [0.3, 0.4) is 0 Å². The summed E-state index contributed by atoms with van der Waals surface area (Å²) in [5.74, 6) is -0.00529. The highest BCUT2D eigenvalue weighted by Crippen LogP contribution is 2.53. The van der Waals surface area contributed by atoms with Crippen molar-refractivity contribution >= 4 is 5.97 Å². The Labute approximate surface area is 181 Å². The first-order valence-corrected chi connectivity index (χ1v) is 11.5. The smallest absolute Gasteiger partial charge is 0.304 e. The molecule has 1 aliphatic rings. The molecule has 2 N–H and O–H groups in total. The van der Waals surface area contributed by atoms with Gasteiger partial charge in [0.1, 0.15) is 0 Å². The molecule has 1 fully saturated rings. The van der Waals surface area contributed by atoms with Gasteiger partial charge in [-0.05, 0) is 49.5 Å². The summed E-state index contributed by atoms with van der Waals surface area (Å²) in [5, 5.41) is 16.7. The third-order valence-electron chi connectivity index (χ3n) is 6.85. The van der Waals surface area contributed by atoms with Crippen LogP contribution in [-0.4, -0.2) is 41.5 Å². The second kappa shape index (κ2) is 11.8. The molecule has 0 bridgehead atoms. The molecule has 0 amide bonds. The van der Waals surface area contributed by atoms with Gasteiger partial charge < -0.3 is 19.7 Å². The number of carboxylic acid groups (broad SMARTS) is 1. The van der Waals surface area contributed by atoms with E-state index >= 15 is 0 Å². The molecule has 0 aliphatic heterocycles. The summed E-state index contributed by atoms with van der Waals surface area (Å²) >= 11 is 0. The Kier molecular flexibility index (Phi) is 9.75. The highest BCUT2D eigenvalue weighted by atomic mass is 16.5. The fourth-order valence-electron chi connectivity index (χ4n) is 4.86. The number of aliphatic carboxylic acids is 1. The Morgan fingerprint density at radius 3 is 2.63 bits per heavy atom. The molecule has 0 radical (unpaired) electrons. The number of nitrogens with one attached hydrogen (secondary N) is 1. The van der Waals surface area contributed by atoms with Crippen LogP contribution in [0.2, 0.25) is 0 Å². The summed E-state index contributed by atoms with van der Waals surface area (Å²) in [7, 11) is 1.69. The topological polar surface area (TPSA) is 97.5 Å². The number of rotatable bonds is 13. The number of methoxy groups -OCH3 is 1. The van der Waals surface area contributed by atoms with Crippen LogP contribution in [0.25, 0.3) is 0 Å². The monoisotopic (exact) mass is 423 g/mol. The summed E-state index contributed by atoms with van der Waals surface area (Å²) in [5.41, 5.74) is 0.618. The van der Waals surface area contributed by atoms with Crippen LogP contribution in [0, 0.1) is 10.8 Å². The molecule has 0 aromatic carbocycles. The first-order valence-electron chi connectivity index (χ1n) is 11.5. The van der Waals surface area contributed by atoms with Crippen LogP contribution in [0.1, 0.15) is 103 Å². The molecule has 0 unspecified atom stereocenters.